The van der Waals surface area contributed by atoms with E-state index in [0.717, 1.165) is 16.0 Å². The highest BCUT2D eigenvalue weighted by Crippen LogP contribution is 2.41. The normalized spacial score (nSPS) is 17.5. The number of aliphatic hydroxyl groups excluding tert-OH is 1. The first-order valence-corrected chi connectivity index (χ1v) is 12.0. The quantitative estimate of drug-likeness (QED) is 0.292. The Labute approximate surface area is 203 Å². The van der Waals surface area contributed by atoms with Gasteiger partial charge < -0.3 is 19.6 Å². The second-order valence-corrected chi connectivity index (χ2v) is 9.54. The number of aliphatic hydroxyl groups is 1. The Kier molecular flexibility index (Phi) is 7.14. The van der Waals surface area contributed by atoms with Gasteiger partial charge in [0.2, 0.25) is 0 Å². The van der Waals surface area contributed by atoms with Crippen molar-refractivity contribution in [1.29, 1.82) is 0 Å². The van der Waals surface area contributed by atoms with E-state index in [1.165, 1.54) is 11.3 Å². The summed E-state index contributed by atoms with van der Waals surface area (Å²) in [6, 6.07) is 18.4. The second-order valence-electron chi connectivity index (χ2n) is 8.56. The Morgan fingerprint density at radius 3 is 2.50 bits per heavy atom. The zero-order valence-corrected chi connectivity index (χ0v) is 20.3. The number of ether oxygens (including phenoxy) is 1. The van der Waals surface area contributed by atoms with Gasteiger partial charge in [0, 0.05) is 23.5 Å². The fourth-order valence-electron chi connectivity index (χ4n) is 4.04. The van der Waals surface area contributed by atoms with Gasteiger partial charge in [-0.15, -0.1) is 11.3 Å². The molecule has 2 heterocycles. The molecule has 0 unspecified atom stereocenters. The largest absolute Gasteiger partial charge is 0.507 e. The van der Waals surface area contributed by atoms with E-state index in [-0.39, 0.29) is 11.3 Å². The van der Waals surface area contributed by atoms with Crippen molar-refractivity contribution >= 4 is 28.8 Å². The van der Waals surface area contributed by atoms with Crippen LogP contribution in [0.2, 0.25) is 0 Å². The minimum absolute atomic E-state index is 0.132. The van der Waals surface area contributed by atoms with Crippen molar-refractivity contribution in [3.8, 4) is 5.75 Å². The third kappa shape index (κ3) is 4.90. The van der Waals surface area contributed by atoms with E-state index in [9.17, 15) is 14.7 Å². The molecule has 1 N–H and O–H groups in total. The molecular formula is C27H28N2O4S. The van der Waals surface area contributed by atoms with E-state index in [0.29, 0.717) is 31.0 Å². The van der Waals surface area contributed by atoms with Gasteiger partial charge in [0.15, 0.2) is 0 Å². The van der Waals surface area contributed by atoms with Crippen molar-refractivity contribution in [1.82, 2.24) is 9.80 Å². The van der Waals surface area contributed by atoms with Crippen LogP contribution in [0.3, 0.4) is 0 Å². The fourth-order valence-corrected chi connectivity index (χ4v) is 4.88. The molecule has 4 rings (SSSR count). The number of Topliss-reactive ketones (excluding diaryl/α,β-unsaturated/α-hetero) is 1. The smallest absolute Gasteiger partial charge is 0.295 e. The zero-order valence-electron chi connectivity index (χ0n) is 19.5. The lowest BCUT2D eigenvalue weighted by Gasteiger charge is -2.25. The van der Waals surface area contributed by atoms with Crippen LogP contribution in [0.5, 0.6) is 5.75 Å². The number of hydrogen-bond acceptors (Lipinski definition) is 6. The molecule has 0 aliphatic carbocycles. The van der Waals surface area contributed by atoms with Gasteiger partial charge in [0.1, 0.15) is 18.1 Å². The molecule has 176 valence electrons. The van der Waals surface area contributed by atoms with Crippen molar-refractivity contribution in [2.45, 2.75) is 19.6 Å². The lowest BCUT2D eigenvalue weighted by atomic mass is 9.97. The number of ketones is 1. The number of carbonyl (C=O) groups excluding carboxylic acids is 2. The summed E-state index contributed by atoms with van der Waals surface area (Å²) in [4.78, 5) is 30.4. The Balaban J connectivity index is 1.66. The van der Waals surface area contributed by atoms with Crippen LogP contribution in [0.25, 0.3) is 5.76 Å². The van der Waals surface area contributed by atoms with E-state index in [2.05, 4.69) is 0 Å². The zero-order chi connectivity index (χ0) is 24.2. The van der Waals surface area contributed by atoms with Crippen LogP contribution in [-0.4, -0.2) is 53.8 Å². The molecule has 0 saturated carbocycles. The molecule has 1 aliphatic rings. The maximum Gasteiger partial charge on any atom is 0.295 e. The number of nitrogens with zero attached hydrogens (tertiary/aromatic N) is 2. The predicted octanol–water partition coefficient (Wildman–Crippen LogP) is 4.62. The van der Waals surface area contributed by atoms with E-state index in [1.54, 1.807) is 17.0 Å². The summed E-state index contributed by atoms with van der Waals surface area (Å²) in [7, 11) is 3.84. The molecule has 1 saturated heterocycles. The lowest BCUT2D eigenvalue weighted by molar-refractivity contribution is -0.140. The second kappa shape index (κ2) is 10.2. The average molecular weight is 477 g/mol. The number of thiophene rings is 1. The first-order chi connectivity index (χ1) is 16.4. The number of carbonyl (C=O) groups is 2. The van der Waals surface area contributed by atoms with Crippen LogP contribution >= 0.6 is 11.3 Å². The number of benzene rings is 2. The summed E-state index contributed by atoms with van der Waals surface area (Å²) in [5, 5.41) is 13.2. The molecule has 3 aromatic rings. The lowest BCUT2D eigenvalue weighted by Crippen LogP contribution is -2.35. The molecule has 1 amide bonds. The molecule has 34 heavy (non-hydrogen) atoms. The van der Waals surface area contributed by atoms with Gasteiger partial charge in [-0.2, -0.15) is 0 Å². The van der Waals surface area contributed by atoms with Gasteiger partial charge >= 0.3 is 0 Å². The number of rotatable bonds is 8. The highest BCUT2D eigenvalue weighted by atomic mass is 32.1. The van der Waals surface area contributed by atoms with Gasteiger partial charge in [-0.05, 0) is 61.8 Å². The number of likely N-dealkylation sites (N-methyl/N-ethyl adjacent to an activating group) is 1. The minimum Gasteiger partial charge on any atom is -0.507 e. The summed E-state index contributed by atoms with van der Waals surface area (Å²) in [5.74, 6) is -0.726. The summed E-state index contributed by atoms with van der Waals surface area (Å²) >= 11 is 1.46. The monoisotopic (exact) mass is 476 g/mol. The molecular weight excluding hydrogens is 448 g/mol. The molecule has 1 aromatic heterocycles. The molecule has 7 heteroatoms. The highest BCUT2D eigenvalue weighted by Gasteiger charge is 2.46. The summed E-state index contributed by atoms with van der Waals surface area (Å²) in [5.41, 5.74) is 2.46. The number of aryl methyl sites for hydroxylation is 1. The van der Waals surface area contributed by atoms with Crippen LogP contribution in [0.15, 0.2) is 71.6 Å². The van der Waals surface area contributed by atoms with Crippen molar-refractivity contribution in [3.05, 3.63) is 93.2 Å². The number of likely N-dealkylation sites (tertiary alicyclic amines) is 1. The van der Waals surface area contributed by atoms with Crippen LogP contribution in [0.4, 0.5) is 0 Å². The van der Waals surface area contributed by atoms with Gasteiger partial charge in [-0.1, -0.05) is 36.4 Å². The van der Waals surface area contributed by atoms with Crippen molar-refractivity contribution in [2.75, 3.05) is 27.2 Å². The van der Waals surface area contributed by atoms with Gasteiger partial charge in [0.25, 0.3) is 11.7 Å². The van der Waals surface area contributed by atoms with E-state index < -0.39 is 17.7 Å². The van der Waals surface area contributed by atoms with Crippen LogP contribution < -0.4 is 4.74 Å². The summed E-state index contributed by atoms with van der Waals surface area (Å²) in [6.07, 6.45) is 0. The molecule has 1 aliphatic heterocycles. The van der Waals surface area contributed by atoms with Crippen LogP contribution in [0.1, 0.15) is 27.6 Å². The van der Waals surface area contributed by atoms with Gasteiger partial charge in [-0.25, -0.2) is 0 Å². The number of hydrogen-bond donors (Lipinski definition) is 1. The molecule has 6 nitrogen and oxygen atoms in total. The van der Waals surface area contributed by atoms with E-state index >= 15 is 0 Å². The molecule has 0 radical (unpaired) electrons. The highest BCUT2D eigenvalue weighted by molar-refractivity contribution is 7.10. The fraction of sp³-hybridized carbons (Fsp3) is 0.259. The van der Waals surface area contributed by atoms with Crippen molar-refractivity contribution < 1.29 is 19.4 Å². The van der Waals surface area contributed by atoms with Gasteiger partial charge in [0.05, 0.1) is 11.6 Å². The number of amides is 1. The molecule has 1 fully saturated rings. The minimum atomic E-state index is -0.654. The average Bonchev–Trinajstić information content (AvgIpc) is 3.44. The Morgan fingerprint density at radius 1 is 1.09 bits per heavy atom. The SMILES string of the molecule is Cc1cc(OCc2ccccc2)ccc1/C(O)=C1\C(=O)C(=O)N(CCN(C)C)[C@H]1c1cccs1. The predicted molar refractivity (Wildman–Crippen MR) is 134 cm³/mol. The first-order valence-electron chi connectivity index (χ1n) is 11.1. The van der Waals surface area contributed by atoms with Crippen molar-refractivity contribution in [3.63, 3.8) is 0 Å². The van der Waals surface area contributed by atoms with Gasteiger partial charge in [-0.3, -0.25) is 9.59 Å². The van der Waals surface area contributed by atoms with E-state index in [1.807, 2.05) is 79.8 Å². The Hall–Kier alpha value is -3.42. The molecule has 0 spiro atoms. The summed E-state index contributed by atoms with van der Waals surface area (Å²) in [6.45, 7) is 3.29. The van der Waals surface area contributed by atoms with Crippen molar-refractivity contribution in [2.24, 2.45) is 0 Å². The topological polar surface area (TPSA) is 70.1 Å². The molecule has 2 aromatic carbocycles. The van der Waals surface area contributed by atoms with Crippen LogP contribution in [0, 0.1) is 6.92 Å². The van der Waals surface area contributed by atoms with E-state index in [4.69, 9.17) is 4.74 Å². The maximum atomic E-state index is 13.1. The molecule has 1 atom stereocenters. The Bertz CT molecular complexity index is 1200. The summed E-state index contributed by atoms with van der Waals surface area (Å²) < 4.78 is 5.89. The standard InChI is InChI=1S/C27H28N2O4S/c1-18-16-20(33-17-19-8-5-4-6-9-19)11-12-21(18)25(30)23-24(22-10-7-15-34-22)29(14-13-28(2)3)27(32)26(23)31/h4-12,15-16,24,30H,13-14,17H2,1-3H3/b25-23+/t24-/m0/s1. The first kappa shape index (κ1) is 23.7. The Morgan fingerprint density at radius 2 is 1.85 bits per heavy atom. The molecule has 0 bridgehead atoms. The third-order valence-corrected chi connectivity index (χ3v) is 6.77. The third-order valence-electron chi connectivity index (χ3n) is 5.84. The van der Waals surface area contributed by atoms with Crippen LogP contribution in [-0.2, 0) is 16.2 Å². The maximum absolute atomic E-state index is 13.1.